The van der Waals surface area contributed by atoms with Crippen LogP contribution in [0.3, 0.4) is 0 Å². The van der Waals surface area contributed by atoms with Gasteiger partial charge in [0.1, 0.15) is 0 Å². The molecule has 0 saturated carbocycles. The van der Waals surface area contributed by atoms with Crippen LogP contribution in [-0.2, 0) is 12.8 Å². The minimum atomic E-state index is 0.766. The van der Waals surface area contributed by atoms with Crippen molar-refractivity contribution in [2.24, 2.45) is 0 Å². The van der Waals surface area contributed by atoms with E-state index in [9.17, 15) is 0 Å². The lowest BCUT2D eigenvalue weighted by atomic mass is 10.1. The number of benzene rings is 1. The normalized spacial score (nSPS) is 10.3. The minimum Gasteiger partial charge on any atom is -0.397 e. The molecule has 0 atom stereocenters. The van der Waals surface area contributed by atoms with Gasteiger partial charge in [0.15, 0.2) is 0 Å². The molecule has 0 unspecified atom stereocenters. The molecule has 1 heterocycles. The van der Waals surface area contributed by atoms with Crippen molar-refractivity contribution in [1.82, 2.24) is 4.98 Å². The Morgan fingerprint density at radius 3 is 2.38 bits per heavy atom. The second-order valence-electron chi connectivity index (χ2n) is 3.89. The number of hydrogen-bond donors (Lipinski definition) is 1. The largest absolute Gasteiger partial charge is 0.397 e. The fourth-order valence-electron chi connectivity index (χ4n) is 1.68. The van der Waals surface area contributed by atoms with Crippen molar-refractivity contribution in [3.63, 3.8) is 0 Å². The Hall–Kier alpha value is -1.83. The van der Waals surface area contributed by atoms with E-state index >= 15 is 0 Å². The molecular formula is C14H16N2. The smallest absolute Gasteiger partial charge is 0.0676 e. The zero-order chi connectivity index (χ0) is 11.4. The summed E-state index contributed by atoms with van der Waals surface area (Å²) in [4.78, 5) is 4.29. The number of hydrogen-bond acceptors (Lipinski definition) is 2. The second kappa shape index (κ2) is 4.79. The van der Waals surface area contributed by atoms with E-state index in [1.54, 1.807) is 6.20 Å². The van der Waals surface area contributed by atoms with E-state index in [1.807, 2.05) is 12.1 Å². The predicted octanol–water partition coefficient (Wildman–Crippen LogP) is 2.82. The minimum absolute atomic E-state index is 0.766. The van der Waals surface area contributed by atoms with Gasteiger partial charge >= 0.3 is 0 Å². The van der Waals surface area contributed by atoms with Crippen molar-refractivity contribution < 1.29 is 0 Å². The topological polar surface area (TPSA) is 38.9 Å². The Morgan fingerprint density at radius 1 is 1.06 bits per heavy atom. The lowest BCUT2D eigenvalue weighted by Gasteiger charge is -2.05. The first-order valence-electron chi connectivity index (χ1n) is 5.56. The number of aromatic nitrogens is 1. The van der Waals surface area contributed by atoms with Crippen LogP contribution in [0.2, 0.25) is 0 Å². The van der Waals surface area contributed by atoms with Gasteiger partial charge in [0.25, 0.3) is 0 Å². The summed E-state index contributed by atoms with van der Waals surface area (Å²) < 4.78 is 0. The van der Waals surface area contributed by atoms with Gasteiger partial charge in [-0.2, -0.15) is 0 Å². The lowest BCUT2D eigenvalue weighted by molar-refractivity contribution is 1.07. The monoisotopic (exact) mass is 212 g/mol. The summed E-state index contributed by atoms with van der Waals surface area (Å²) in [6.07, 6.45) is 3.66. The van der Waals surface area contributed by atoms with Crippen LogP contribution in [0.4, 0.5) is 5.69 Å². The maximum atomic E-state index is 5.86. The van der Waals surface area contributed by atoms with Crippen LogP contribution in [0.25, 0.3) is 0 Å². The molecule has 2 heteroatoms. The van der Waals surface area contributed by atoms with E-state index in [1.165, 1.54) is 11.1 Å². The van der Waals surface area contributed by atoms with E-state index in [-0.39, 0.29) is 0 Å². The maximum absolute atomic E-state index is 5.86. The zero-order valence-electron chi connectivity index (χ0n) is 9.48. The number of nitrogens with two attached hydrogens (primary N) is 1. The Balaban J connectivity index is 2.18. The molecule has 0 bridgehead atoms. The van der Waals surface area contributed by atoms with Crippen LogP contribution in [0.15, 0.2) is 42.6 Å². The average molecular weight is 212 g/mol. The Kier molecular flexibility index (Phi) is 3.20. The third-order valence-electron chi connectivity index (χ3n) is 2.73. The molecule has 2 N–H and O–H groups in total. The summed E-state index contributed by atoms with van der Waals surface area (Å²) in [6.45, 7) is 2.16. The van der Waals surface area contributed by atoms with E-state index in [4.69, 9.17) is 5.73 Å². The van der Waals surface area contributed by atoms with Crippen LogP contribution in [0, 0.1) is 0 Å². The van der Waals surface area contributed by atoms with Crippen molar-refractivity contribution in [2.45, 2.75) is 19.8 Å². The van der Waals surface area contributed by atoms with Gasteiger partial charge in [0, 0.05) is 12.6 Å². The first-order valence-corrected chi connectivity index (χ1v) is 5.56. The fourth-order valence-corrected chi connectivity index (χ4v) is 1.68. The third-order valence-corrected chi connectivity index (χ3v) is 2.73. The zero-order valence-corrected chi connectivity index (χ0v) is 9.48. The molecule has 2 rings (SSSR count). The van der Waals surface area contributed by atoms with Gasteiger partial charge in [-0.05, 0) is 29.7 Å². The molecule has 0 aliphatic carbocycles. The van der Waals surface area contributed by atoms with Gasteiger partial charge in [0.2, 0.25) is 0 Å². The first kappa shape index (κ1) is 10.7. The molecule has 0 amide bonds. The Labute approximate surface area is 96.1 Å². The average Bonchev–Trinajstić information content (AvgIpc) is 2.33. The van der Waals surface area contributed by atoms with Crippen LogP contribution >= 0.6 is 0 Å². The molecule has 0 radical (unpaired) electrons. The molecule has 0 spiro atoms. The summed E-state index contributed by atoms with van der Waals surface area (Å²) in [5, 5.41) is 0. The van der Waals surface area contributed by atoms with E-state index < -0.39 is 0 Å². The molecule has 82 valence electrons. The molecule has 16 heavy (non-hydrogen) atoms. The van der Waals surface area contributed by atoms with E-state index in [0.717, 1.165) is 24.2 Å². The molecule has 0 aliphatic rings. The van der Waals surface area contributed by atoms with E-state index in [2.05, 4.69) is 36.2 Å². The van der Waals surface area contributed by atoms with Crippen molar-refractivity contribution in [1.29, 1.82) is 0 Å². The van der Waals surface area contributed by atoms with Crippen LogP contribution in [0.1, 0.15) is 23.7 Å². The SMILES string of the molecule is CCc1ccc(Cc2ncccc2N)cc1. The first-order chi connectivity index (χ1) is 7.79. The molecule has 1 aromatic heterocycles. The van der Waals surface area contributed by atoms with Crippen LogP contribution < -0.4 is 5.73 Å². The number of rotatable bonds is 3. The molecule has 1 aromatic carbocycles. The van der Waals surface area contributed by atoms with Crippen LogP contribution in [-0.4, -0.2) is 4.98 Å². The van der Waals surface area contributed by atoms with Crippen molar-refractivity contribution in [3.05, 3.63) is 59.4 Å². The highest BCUT2D eigenvalue weighted by Crippen LogP contribution is 2.14. The molecule has 0 aliphatic heterocycles. The standard InChI is InChI=1S/C14H16N2/c1-2-11-5-7-12(8-6-11)10-14-13(15)4-3-9-16-14/h3-9H,2,10,15H2,1H3. The lowest BCUT2D eigenvalue weighted by Crippen LogP contribution is -1.98. The van der Waals surface area contributed by atoms with Crippen molar-refractivity contribution in [2.75, 3.05) is 5.73 Å². The molecule has 2 nitrogen and oxygen atoms in total. The Morgan fingerprint density at radius 2 is 1.75 bits per heavy atom. The molecule has 0 fully saturated rings. The summed E-state index contributed by atoms with van der Waals surface area (Å²) in [6, 6.07) is 12.4. The van der Waals surface area contributed by atoms with Gasteiger partial charge in [-0.15, -0.1) is 0 Å². The van der Waals surface area contributed by atoms with E-state index in [0.29, 0.717) is 0 Å². The Bertz CT molecular complexity index is 460. The highest BCUT2D eigenvalue weighted by atomic mass is 14.7. The number of nitrogens with zero attached hydrogens (tertiary/aromatic N) is 1. The summed E-state index contributed by atoms with van der Waals surface area (Å²) in [5.41, 5.74) is 10.2. The predicted molar refractivity (Wildman–Crippen MR) is 67.3 cm³/mol. The van der Waals surface area contributed by atoms with Crippen molar-refractivity contribution in [3.8, 4) is 0 Å². The summed E-state index contributed by atoms with van der Waals surface area (Å²) >= 11 is 0. The quantitative estimate of drug-likeness (QED) is 0.849. The highest BCUT2D eigenvalue weighted by Gasteiger charge is 2.01. The molecule has 2 aromatic rings. The van der Waals surface area contributed by atoms with Crippen molar-refractivity contribution >= 4 is 5.69 Å². The number of pyridine rings is 1. The second-order valence-corrected chi connectivity index (χ2v) is 3.89. The van der Waals surface area contributed by atoms with Gasteiger partial charge in [-0.25, -0.2) is 0 Å². The third kappa shape index (κ3) is 2.40. The van der Waals surface area contributed by atoms with Gasteiger partial charge in [-0.1, -0.05) is 31.2 Å². The van der Waals surface area contributed by atoms with Crippen LogP contribution in [0.5, 0.6) is 0 Å². The fraction of sp³-hybridized carbons (Fsp3) is 0.214. The van der Waals surface area contributed by atoms with Gasteiger partial charge < -0.3 is 5.73 Å². The number of nitrogen functional groups attached to an aromatic ring is 1. The summed E-state index contributed by atoms with van der Waals surface area (Å²) in [7, 11) is 0. The number of anilines is 1. The van der Waals surface area contributed by atoms with Gasteiger partial charge in [-0.3, -0.25) is 4.98 Å². The highest BCUT2D eigenvalue weighted by molar-refractivity contribution is 5.44. The maximum Gasteiger partial charge on any atom is 0.0676 e. The molecular weight excluding hydrogens is 196 g/mol. The summed E-state index contributed by atoms with van der Waals surface area (Å²) in [5.74, 6) is 0. The van der Waals surface area contributed by atoms with Gasteiger partial charge in [0.05, 0.1) is 11.4 Å². The number of aryl methyl sites for hydroxylation is 1. The molecule has 0 saturated heterocycles.